The highest BCUT2D eigenvalue weighted by atomic mass is 16.2. The summed E-state index contributed by atoms with van der Waals surface area (Å²) in [6.45, 7) is 0.528. The highest BCUT2D eigenvalue weighted by molar-refractivity contribution is 6.10. The maximum absolute atomic E-state index is 12.8. The molecule has 0 aromatic carbocycles. The summed E-state index contributed by atoms with van der Waals surface area (Å²) >= 11 is 0. The van der Waals surface area contributed by atoms with Crippen LogP contribution in [0.4, 0.5) is 5.82 Å². The van der Waals surface area contributed by atoms with E-state index in [9.17, 15) is 9.59 Å². The Morgan fingerprint density at radius 1 is 1.18 bits per heavy atom. The Bertz CT molecular complexity index is 1080. The minimum Gasteiger partial charge on any atom is -0.346 e. The summed E-state index contributed by atoms with van der Waals surface area (Å²) in [6.07, 6.45) is 6.93. The van der Waals surface area contributed by atoms with Crippen molar-refractivity contribution in [1.82, 2.24) is 39.9 Å². The number of likely N-dealkylation sites (N-methyl/N-ethyl adjacent to an activating group) is 1. The van der Waals surface area contributed by atoms with Crippen molar-refractivity contribution >= 4 is 23.4 Å². The summed E-state index contributed by atoms with van der Waals surface area (Å²) < 4.78 is 3.39. The molecule has 28 heavy (non-hydrogen) atoms. The second-order valence-corrected chi connectivity index (χ2v) is 6.29. The zero-order chi connectivity index (χ0) is 19.7. The SMILES string of the molecule is CN1NCC(C(=O)NCc2ccn(C)n2)=C1C(=O)Nc1ccn2ccnc2n1. The normalized spacial score (nSPS) is 14.0. The number of rotatable bonds is 5. The number of nitrogens with one attached hydrogen (secondary N) is 3. The third kappa shape index (κ3) is 3.42. The average molecular weight is 381 g/mol. The smallest absolute Gasteiger partial charge is 0.275 e. The highest BCUT2D eigenvalue weighted by Crippen LogP contribution is 2.16. The van der Waals surface area contributed by atoms with Crippen LogP contribution in [0, 0.1) is 0 Å². The lowest BCUT2D eigenvalue weighted by molar-refractivity contribution is -0.119. The Morgan fingerprint density at radius 2 is 2.04 bits per heavy atom. The number of fused-ring (bicyclic) bond motifs is 1. The predicted molar refractivity (Wildman–Crippen MR) is 99.5 cm³/mol. The van der Waals surface area contributed by atoms with Crippen molar-refractivity contribution in [2.24, 2.45) is 7.05 Å². The van der Waals surface area contributed by atoms with Crippen LogP contribution in [-0.4, -0.2) is 54.6 Å². The summed E-state index contributed by atoms with van der Waals surface area (Å²) in [5.41, 5.74) is 4.30. The van der Waals surface area contributed by atoms with Gasteiger partial charge < -0.3 is 15.6 Å². The molecule has 0 atom stereocenters. The first kappa shape index (κ1) is 17.7. The van der Waals surface area contributed by atoms with Gasteiger partial charge in [0.1, 0.15) is 11.5 Å². The number of imidazole rings is 1. The van der Waals surface area contributed by atoms with E-state index in [1.165, 1.54) is 5.01 Å². The van der Waals surface area contributed by atoms with Crippen LogP contribution in [0.3, 0.4) is 0 Å². The van der Waals surface area contributed by atoms with Crippen LogP contribution in [0.2, 0.25) is 0 Å². The molecule has 0 aliphatic carbocycles. The van der Waals surface area contributed by atoms with Crippen molar-refractivity contribution in [1.29, 1.82) is 0 Å². The van der Waals surface area contributed by atoms with Gasteiger partial charge in [0.05, 0.1) is 17.8 Å². The van der Waals surface area contributed by atoms with Crippen molar-refractivity contribution < 1.29 is 9.59 Å². The molecule has 2 amide bonds. The van der Waals surface area contributed by atoms with Crippen molar-refractivity contribution in [2.75, 3.05) is 18.9 Å². The number of hydrogen-bond donors (Lipinski definition) is 3. The first-order chi connectivity index (χ1) is 13.5. The number of carbonyl (C=O) groups excluding carboxylic acids is 2. The molecule has 0 radical (unpaired) electrons. The van der Waals surface area contributed by atoms with E-state index in [0.717, 1.165) is 5.69 Å². The molecule has 11 heteroatoms. The molecule has 0 fully saturated rings. The van der Waals surface area contributed by atoms with Gasteiger partial charge in [0.15, 0.2) is 0 Å². The zero-order valence-electron chi connectivity index (χ0n) is 15.4. The lowest BCUT2D eigenvalue weighted by Crippen LogP contribution is -2.32. The highest BCUT2D eigenvalue weighted by Gasteiger charge is 2.30. The molecule has 144 valence electrons. The second-order valence-electron chi connectivity index (χ2n) is 6.29. The molecule has 4 rings (SSSR count). The second kappa shape index (κ2) is 7.12. The van der Waals surface area contributed by atoms with Crippen LogP contribution in [0.5, 0.6) is 0 Å². The lowest BCUT2D eigenvalue weighted by Gasteiger charge is -2.15. The summed E-state index contributed by atoms with van der Waals surface area (Å²) in [5.74, 6) is 0.0611. The van der Waals surface area contributed by atoms with Crippen LogP contribution in [0.25, 0.3) is 5.78 Å². The fraction of sp³-hybridized carbons (Fsp3) is 0.235. The average Bonchev–Trinajstić information content (AvgIpc) is 3.39. The summed E-state index contributed by atoms with van der Waals surface area (Å²) in [7, 11) is 3.49. The number of hydrogen-bond acceptors (Lipinski definition) is 7. The molecule has 0 saturated heterocycles. The molecular weight excluding hydrogens is 362 g/mol. The monoisotopic (exact) mass is 381 g/mol. The molecule has 11 nitrogen and oxygen atoms in total. The van der Waals surface area contributed by atoms with Crippen LogP contribution >= 0.6 is 0 Å². The van der Waals surface area contributed by atoms with Crippen LogP contribution in [0.15, 0.2) is 48.2 Å². The van der Waals surface area contributed by atoms with Gasteiger partial charge in [0.2, 0.25) is 5.78 Å². The third-order valence-corrected chi connectivity index (χ3v) is 4.31. The number of hydrazine groups is 1. The Labute approximate surface area is 160 Å². The molecular formula is C17H19N9O2. The van der Waals surface area contributed by atoms with Crippen molar-refractivity contribution in [3.8, 4) is 0 Å². The first-order valence-electron chi connectivity index (χ1n) is 8.59. The van der Waals surface area contributed by atoms with Gasteiger partial charge in [-0.2, -0.15) is 10.1 Å². The van der Waals surface area contributed by atoms with Gasteiger partial charge in [0.25, 0.3) is 11.8 Å². The Morgan fingerprint density at radius 3 is 2.82 bits per heavy atom. The van der Waals surface area contributed by atoms with E-state index in [1.54, 1.807) is 54.0 Å². The maximum atomic E-state index is 12.8. The Kier molecular flexibility index (Phi) is 4.49. The topological polar surface area (TPSA) is 121 Å². The van der Waals surface area contributed by atoms with Crippen molar-refractivity contribution in [2.45, 2.75) is 6.54 Å². The fourth-order valence-electron chi connectivity index (χ4n) is 2.92. The van der Waals surface area contributed by atoms with Crippen molar-refractivity contribution in [3.05, 3.63) is 53.9 Å². The minimum absolute atomic E-state index is 0.239. The fourth-order valence-corrected chi connectivity index (χ4v) is 2.92. The van der Waals surface area contributed by atoms with E-state index in [2.05, 4.69) is 31.1 Å². The van der Waals surface area contributed by atoms with Gasteiger partial charge in [-0.05, 0) is 12.1 Å². The van der Waals surface area contributed by atoms with Crippen LogP contribution < -0.4 is 16.1 Å². The van der Waals surface area contributed by atoms with Crippen molar-refractivity contribution in [3.63, 3.8) is 0 Å². The molecule has 1 aliphatic rings. The maximum Gasteiger partial charge on any atom is 0.275 e. The van der Waals surface area contributed by atoms with Gasteiger partial charge >= 0.3 is 0 Å². The number of aryl methyl sites for hydroxylation is 1. The number of amides is 2. The molecule has 0 saturated carbocycles. The first-order valence-corrected chi connectivity index (χ1v) is 8.59. The minimum atomic E-state index is -0.432. The lowest BCUT2D eigenvalue weighted by atomic mass is 10.2. The van der Waals surface area contributed by atoms with E-state index in [0.29, 0.717) is 17.2 Å². The predicted octanol–water partition coefficient (Wildman–Crippen LogP) is -0.578. The quantitative estimate of drug-likeness (QED) is 0.541. The van der Waals surface area contributed by atoms with Crippen LogP contribution in [-0.2, 0) is 23.2 Å². The standard InChI is InChI=1S/C17H19N9O2/c1-24-6-3-11(23-24)9-19-15(27)12-10-20-25(2)14(12)16(28)21-13-4-7-26-8-5-18-17(26)22-13/h3-8,20H,9-10H2,1-2H3,(H,19,27)(H,18,21,22,28). The van der Waals surface area contributed by atoms with Gasteiger partial charge in [-0.25, -0.2) is 10.4 Å². The number of anilines is 1. The molecule has 3 aromatic rings. The molecule has 3 aromatic heterocycles. The molecule has 0 bridgehead atoms. The van der Waals surface area contributed by atoms with E-state index in [1.807, 2.05) is 6.07 Å². The van der Waals surface area contributed by atoms with E-state index < -0.39 is 5.91 Å². The Hall–Kier alpha value is -3.73. The van der Waals surface area contributed by atoms with E-state index in [4.69, 9.17) is 0 Å². The summed E-state index contributed by atoms with van der Waals surface area (Å²) in [4.78, 5) is 33.7. The van der Waals surface area contributed by atoms with Gasteiger partial charge in [-0.3, -0.25) is 18.7 Å². The molecule has 1 aliphatic heterocycles. The zero-order valence-corrected chi connectivity index (χ0v) is 15.4. The molecule has 4 heterocycles. The number of nitrogens with zero attached hydrogens (tertiary/aromatic N) is 6. The van der Waals surface area contributed by atoms with Gasteiger partial charge in [0, 0.05) is 45.4 Å². The molecule has 0 unspecified atom stereocenters. The van der Waals surface area contributed by atoms with Crippen LogP contribution in [0.1, 0.15) is 5.69 Å². The molecule has 3 N–H and O–H groups in total. The van der Waals surface area contributed by atoms with E-state index in [-0.39, 0.29) is 24.7 Å². The van der Waals surface area contributed by atoms with E-state index >= 15 is 0 Å². The summed E-state index contributed by atoms with van der Waals surface area (Å²) in [5, 5.41) is 11.3. The van der Waals surface area contributed by atoms with Gasteiger partial charge in [-0.15, -0.1) is 0 Å². The van der Waals surface area contributed by atoms with Gasteiger partial charge in [-0.1, -0.05) is 0 Å². The summed E-state index contributed by atoms with van der Waals surface area (Å²) in [6, 6.07) is 3.48. The Balaban J connectivity index is 1.50. The third-order valence-electron chi connectivity index (χ3n) is 4.31. The largest absolute Gasteiger partial charge is 0.346 e. The number of aromatic nitrogens is 5. The molecule has 0 spiro atoms. The number of carbonyl (C=O) groups is 2.